The molecule has 0 saturated heterocycles. The molecule has 0 bridgehead atoms. The summed E-state index contributed by atoms with van der Waals surface area (Å²) < 4.78 is 0. The van der Waals surface area contributed by atoms with E-state index in [1.54, 1.807) is 18.8 Å². The van der Waals surface area contributed by atoms with E-state index in [4.69, 9.17) is 4.99 Å². The first-order valence-electron chi connectivity index (χ1n) is 7.21. The molecule has 112 valence electrons. The molecule has 0 radical (unpaired) electrons. The molecule has 3 nitrogen and oxygen atoms in total. The van der Waals surface area contributed by atoms with Gasteiger partial charge >= 0.3 is 0 Å². The summed E-state index contributed by atoms with van der Waals surface area (Å²) in [5.41, 5.74) is 6.19. The molecule has 0 saturated carbocycles. The number of carbonyl (C=O) groups is 1. The average molecular weight is 310 g/mol. The Bertz CT molecular complexity index is 809. The Hall–Kier alpha value is -2.07. The van der Waals surface area contributed by atoms with E-state index in [1.807, 2.05) is 25.1 Å². The number of hydrogen-bond acceptors (Lipinski definition) is 3. The van der Waals surface area contributed by atoms with Crippen molar-refractivity contribution in [2.45, 2.75) is 30.6 Å². The predicted molar refractivity (Wildman–Crippen MR) is 91.7 cm³/mol. The van der Waals surface area contributed by atoms with Crippen LogP contribution in [-0.4, -0.2) is 18.7 Å². The Labute approximate surface area is 134 Å². The zero-order valence-electron chi connectivity index (χ0n) is 13.2. The van der Waals surface area contributed by atoms with Gasteiger partial charge in [-0.15, -0.1) is 0 Å². The van der Waals surface area contributed by atoms with Crippen LogP contribution in [0.1, 0.15) is 34.0 Å². The van der Waals surface area contributed by atoms with Crippen molar-refractivity contribution in [3.05, 3.63) is 52.6 Å². The highest BCUT2D eigenvalue weighted by Crippen LogP contribution is 2.43. The van der Waals surface area contributed by atoms with Crippen LogP contribution in [0.4, 0.5) is 5.69 Å². The first-order chi connectivity index (χ1) is 10.5. The van der Waals surface area contributed by atoms with Crippen molar-refractivity contribution >= 4 is 29.1 Å². The molecule has 22 heavy (non-hydrogen) atoms. The topological polar surface area (TPSA) is 41.5 Å². The quantitative estimate of drug-likeness (QED) is 0.854. The van der Waals surface area contributed by atoms with Crippen molar-refractivity contribution < 1.29 is 4.79 Å². The zero-order chi connectivity index (χ0) is 15.9. The summed E-state index contributed by atoms with van der Waals surface area (Å²) in [6.07, 6.45) is 0. The molecular weight excluding hydrogens is 292 g/mol. The van der Waals surface area contributed by atoms with E-state index in [-0.39, 0.29) is 5.91 Å². The van der Waals surface area contributed by atoms with Crippen LogP contribution >= 0.6 is 11.8 Å². The number of carbonyl (C=O) groups excluding carboxylic acids is 1. The lowest BCUT2D eigenvalue weighted by molar-refractivity contribution is 0.0963. The monoisotopic (exact) mass is 310 g/mol. The summed E-state index contributed by atoms with van der Waals surface area (Å²) in [6, 6.07) is 9.99. The summed E-state index contributed by atoms with van der Waals surface area (Å²) in [4.78, 5) is 18.9. The number of nitrogens with zero attached hydrogens (tertiary/aromatic N) is 1. The minimum atomic E-state index is -0.0882. The molecule has 0 unspecified atom stereocenters. The van der Waals surface area contributed by atoms with Gasteiger partial charge in [0.05, 0.1) is 5.69 Å². The molecule has 1 N–H and O–H groups in total. The Morgan fingerprint density at radius 1 is 1.09 bits per heavy atom. The van der Waals surface area contributed by atoms with E-state index >= 15 is 0 Å². The van der Waals surface area contributed by atoms with E-state index in [9.17, 15) is 4.79 Å². The highest BCUT2D eigenvalue weighted by atomic mass is 32.2. The predicted octanol–water partition coefficient (Wildman–Crippen LogP) is 4.27. The molecule has 4 heteroatoms. The fourth-order valence-corrected chi connectivity index (χ4v) is 3.89. The Balaban J connectivity index is 2.20. The number of aliphatic imine (C=N–C) groups is 1. The average Bonchev–Trinajstić information content (AvgIpc) is 2.66. The summed E-state index contributed by atoms with van der Waals surface area (Å²) in [5.74, 6) is -0.0882. The lowest BCUT2D eigenvalue weighted by Gasteiger charge is -2.12. The number of fused-ring (bicyclic) bond motifs is 2. The molecule has 0 fully saturated rings. The molecule has 0 spiro atoms. The van der Waals surface area contributed by atoms with E-state index in [0.717, 1.165) is 16.3 Å². The van der Waals surface area contributed by atoms with Crippen LogP contribution in [-0.2, 0) is 0 Å². The molecule has 0 aliphatic carbocycles. The van der Waals surface area contributed by atoms with Crippen molar-refractivity contribution in [1.82, 2.24) is 5.32 Å². The van der Waals surface area contributed by atoms with Crippen LogP contribution < -0.4 is 5.32 Å². The number of hydrogen-bond donors (Lipinski definition) is 1. The van der Waals surface area contributed by atoms with E-state index in [0.29, 0.717) is 5.56 Å². The number of benzene rings is 2. The van der Waals surface area contributed by atoms with Crippen molar-refractivity contribution in [3.8, 4) is 0 Å². The summed E-state index contributed by atoms with van der Waals surface area (Å²) in [5, 5.41) is 2.66. The summed E-state index contributed by atoms with van der Waals surface area (Å²) >= 11 is 1.73. The highest BCUT2D eigenvalue weighted by molar-refractivity contribution is 7.99. The Morgan fingerprint density at radius 2 is 1.82 bits per heavy atom. The Kier molecular flexibility index (Phi) is 3.79. The van der Waals surface area contributed by atoms with Gasteiger partial charge in [-0.05, 0) is 50.1 Å². The molecule has 1 amide bonds. The molecular formula is C18H18N2OS. The summed E-state index contributed by atoms with van der Waals surface area (Å²) in [7, 11) is 1.64. The standard InChI is InChI=1S/C18H18N2OS/c1-10-5-6-11(2)17-16(10)12(3)20-14-9-13(18(21)19-4)7-8-15(14)22-17/h5-9H,1-4H3,(H,19,21). The number of rotatable bonds is 1. The van der Waals surface area contributed by atoms with Crippen molar-refractivity contribution in [2.75, 3.05) is 7.05 Å². The second-order valence-corrected chi connectivity index (χ2v) is 6.52. The SMILES string of the molecule is CNC(=O)c1ccc2c(c1)N=C(C)c1c(C)ccc(C)c1S2. The largest absolute Gasteiger partial charge is 0.355 e. The van der Waals surface area contributed by atoms with Gasteiger partial charge in [-0.2, -0.15) is 0 Å². The van der Waals surface area contributed by atoms with E-state index in [2.05, 4.69) is 31.3 Å². The molecule has 0 atom stereocenters. The maximum Gasteiger partial charge on any atom is 0.251 e. The first kappa shape index (κ1) is 14.9. The van der Waals surface area contributed by atoms with Gasteiger partial charge in [0.15, 0.2) is 0 Å². The second kappa shape index (κ2) is 5.61. The van der Waals surface area contributed by atoms with Gasteiger partial charge in [0.1, 0.15) is 0 Å². The van der Waals surface area contributed by atoms with Crippen LogP contribution in [0.2, 0.25) is 0 Å². The van der Waals surface area contributed by atoms with Crippen molar-refractivity contribution in [1.29, 1.82) is 0 Å². The second-order valence-electron chi connectivity index (χ2n) is 5.46. The Morgan fingerprint density at radius 3 is 2.55 bits per heavy atom. The van der Waals surface area contributed by atoms with Gasteiger partial charge in [-0.3, -0.25) is 9.79 Å². The number of amides is 1. The lowest BCUT2D eigenvalue weighted by Crippen LogP contribution is -2.17. The first-order valence-corrected chi connectivity index (χ1v) is 8.02. The summed E-state index contributed by atoms with van der Waals surface area (Å²) in [6.45, 7) is 6.28. The van der Waals surface area contributed by atoms with Crippen LogP contribution in [0.15, 0.2) is 45.1 Å². The normalized spacial score (nSPS) is 12.8. The van der Waals surface area contributed by atoms with Gasteiger partial charge in [0.25, 0.3) is 5.91 Å². The number of nitrogens with one attached hydrogen (secondary N) is 1. The van der Waals surface area contributed by atoms with Crippen LogP contribution in [0.3, 0.4) is 0 Å². The molecule has 1 aliphatic rings. The van der Waals surface area contributed by atoms with Crippen LogP contribution in [0.25, 0.3) is 0 Å². The van der Waals surface area contributed by atoms with Crippen LogP contribution in [0, 0.1) is 13.8 Å². The van der Waals surface area contributed by atoms with Gasteiger partial charge < -0.3 is 5.32 Å². The van der Waals surface area contributed by atoms with Gasteiger partial charge in [0.2, 0.25) is 0 Å². The van der Waals surface area contributed by atoms with Crippen LogP contribution in [0.5, 0.6) is 0 Å². The fourth-order valence-electron chi connectivity index (χ4n) is 2.69. The third-order valence-electron chi connectivity index (χ3n) is 3.87. The maximum absolute atomic E-state index is 11.8. The third kappa shape index (κ3) is 2.44. The molecule has 2 aromatic rings. The van der Waals surface area contributed by atoms with E-state index < -0.39 is 0 Å². The highest BCUT2D eigenvalue weighted by Gasteiger charge is 2.19. The van der Waals surface area contributed by atoms with Crippen molar-refractivity contribution in [3.63, 3.8) is 0 Å². The maximum atomic E-state index is 11.8. The van der Waals surface area contributed by atoms with Crippen molar-refractivity contribution in [2.24, 2.45) is 4.99 Å². The fraction of sp³-hybridized carbons (Fsp3) is 0.222. The zero-order valence-corrected chi connectivity index (χ0v) is 14.0. The minimum Gasteiger partial charge on any atom is -0.355 e. The smallest absolute Gasteiger partial charge is 0.251 e. The number of aryl methyl sites for hydroxylation is 2. The molecule has 0 aromatic heterocycles. The molecule has 3 rings (SSSR count). The lowest BCUT2D eigenvalue weighted by atomic mass is 10.0. The van der Waals surface area contributed by atoms with Gasteiger partial charge in [-0.25, -0.2) is 0 Å². The molecule has 1 heterocycles. The molecule has 1 aliphatic heterocycles. The van der Waals surface area contributed by atoms with Gasteiger partial charge in [0, 0.05) is 33.7 Å². The minimum absolute atomic E-state index is 0.0882. The van der Waals surface area contributed by atoms with Gasteiger partial charge in [-0.1, -0.05) is 23.9 Å². The third-order valence-corrected chi connectivity index (χ3v) is 5.17. The van der Waals surface area contributed by atoms with E-state index in [1.165, 1.54) is 21.6 Å². The molecule has 2 aromatic carbocycles.